The van der Waals surface area contributed by atoms with Gasteiger partial charge >= 0.3 is 0 Å². The lowest BCUT2D eigenvalue weighted by atomic mass is 9.86. The molecule has 0 aliphatic rings. The van der Waals surface area contributed by atoms with Crippen LogP contribution in [0.5, 0.6) is 0 Å². The van der Waals surface area contributed by atoms with Crippen molar-refractivity contribution in [2.24, 2.45) is 17.5 Å². The van der Waals surface area contributed by atoms with Gasteiger partial charge in [0.25, 0.3) is 0 Å². The van der Waals surface area contributed by atoms with Gasteiger partial charge < -0.3 is 15.2 Å². The summed E-state index contributed by atoms with van der Waals surface area (Å²) in [6, 6.07) is 8.03. The van der Waals surface area contributed by atoms with Gasteiger partial charge in [0, 0.05) is 25.2 Å². The Kier molecular flexibility index (Phi) is 6.82. The number of hydrogen-bond acceptors (Lipinski definition) is 3. The van der Waals surface area contributed by atoms with Crippen molar-refractivity contribution in [3.05, 3.63) is 47.0 Å². The predicted octanol–water partition coefficient (Wildman–Crippen LogP) is 2.79. The Morgan fingerprint density at radius 2 is 2.12 bits per heavy atom. The molecule has 0 aliphatic carbocycles. The average molecular weight is 363 g/mol. The van der Waals surface area contributed by atoms with E-state index in [9.17, 15) is 0 Å². The van der Waals surface area contributed by atoms with E-state index in [1.807, 2.05) is 29.8 Å². The molecule has 7 heteroatoms. The molecule has 0 bridgehead atoms. The van der Waals surface area contributed by atoms with Crippen LogP contribution < -0.4 is 10.6 Å². The van der Waals surface area contributed by atoms with Crippen molar-refractivity contribution in [1.29, 1.82) is 0 Å². The fourth-order valence-electron chi connectivity index (χ4n) is 2.53. The Balaban J connectivity index is 1.95. The summed E-state index contributed by atoms with van der Waals surface area (Å²) >= 11 is 6.09. The van der Waals surface area contributed by atoms with Gasteiger partial charge in [0.05, 0.1) is 0 Å². The number of aryl methyl sites for hydroxylation is 1. The highest BCUT2D eigenvalue weighted by Crippen LogP contribution is 2.22. The molecule has 0 saturated carbocycles. The smallest absolute Gasteiger partial charge is 0.191 e. The van der Waals surface area contributed by atoms with Crippen LogP contribution in [-0.4, -0.2) is 33.8 Å². The minimum absolute atomic E-state index is 0.0612. The maximum Gasteiger partial charge on any atom is 0.191 e. The minimum Gasteiger partial charge on any atom is -0.357 e. The van der Waals surface area contributed by atoms with Crippen LogP contribution >= 0.6 is 11.6 Å². The molecule has 136 valence electrons. The minimum atomic E-state index is 0.0612. The number of halogens is 1. The van der Waals surface area contributed by atoms with E-state index >= 15 is 0 Å². The van der Waals surface area contributed by atoms with Gasteiger partial charge in [-0.25, -0.2) is 4.99 Å². The van der Waals surface area contributed by atoms with Crippen LogP contribution in [0.2, 0.25) is 5.02 Å². The second-order valence-corrected chi connectivity index (χ2v) is 7.31. The zero-order chi connectivity index (χ0) is 18.3. The number of aliphatic imine (C=N–C) groups is 1. The third-order valence-electron chi connectivity index (χ3n) is 3.83. The molecule has 0 aliphatic heterocycles. The van der Waals surface area contributed by atoms with E-state index < -0.39 is 0 Å². The molecular weight excluding hydrogens is 336 g/mol. The van der Waals surface area contributed by atoms with Crippen molar-refractivity contribution in [2.75, 3.05) is 13.1 Å². The molecule has 2 N–H and O–H groups in total. The third-order valence-corrected chi connectivity index (χ3v) is 4.07. The van der Waals surface area contributed by atoms with Gasteiger partial charge in [-0.15, -0.1) is 10.2 Å². The van der Waals surface area contributed by atoms with Crippen LogP contribution in [0.1, 0.15) is 32.2 Å². The van der Waals surface area contributed by atoms with Crippen molar-refractivity contribution < 1.29 is 0 Å². The molecule has 6 nitrogen and oxygen atoms in total. The van der Waals surface area contributed by atoms with Crippen molar-refractivity contribution >= 4 is 17.6 Å². The second-order valence-electron chi connectivity index (χ2n) is 6.88. The standard InChI is InChI=1S/C18H27ClN6/c1-5-20-17(21-11-16-24-23-13-25(16)4)22-12-18(2,3)10-14-7-6-8-15(19)9-14/h6-9,13H,5,10-12H2,1-4H3,(H2,20,21,22). The predicted molar refractivity (Wildman–Crippen MR) is 103 cm³/mol. The average Bonchev–Trinajstić information content (AvgIpc) is 2.95. The summed E-state index contributed by atoms with van der Waals surface area (Å²) in [4.78, 5) is 4.59. The van der Waals surface area contributed by atoms with Crippen molar-refractivity contribution in [2.45, 2.75) is 33.7 Å². The molecule has 1 heterocycles. The molecule has 0 atom stereocenters. The molecule has 0 unspecified atom stereocenters. The van der Waals surface area contributed by atoms with Gasteiger partial charge in [-0.05, 0) is 36.5 Å². The number of benzene rings is 1. The first-order valence-corrected chi connectivity index (χ1v) is 8.87. The molecule has 0 radical (unpaired) electrons. The molecule has 1 aromatic heterocycles. The number of nitrogens with zero attached hydrogens (tertiary/aromatic N) is 4. The van der Waals surface area contributed by atoms with Crippen LogP contribution in [0.25, 0.3) is 0 Å². The van der Waals surface area contributed by atoms with Gasteiger partial charge in [0.15, 0.2) is 11.8 Å². The Morgan fingerprint density at radius 3 is 2.76 bits per heavy atom. The lowest BCUT2D eigenvalue weighted by molar-refractivity contribution is 0.359. The van der Waals surface area contributed by atoms with Gasteiger partial charge in [-0.3, -0.25) is 0 Å². The lowest BCUT2D eigenvalue weighted by Gasteiger charge is -2.26. The maximum absolute atomic E-state index is 6.09. The van der Waals surface area contributed by atoms with Crippen molar-refractivity contribution in [3.63, 3.8) is 0 Å². The molecule has 0 saturated heterocycles. The first kappa shape index (κ1) is 19.2. The van der Waals surface area contributed by atoms with Crippen LogP contribution in [0.3, 0.4) is 0 Å². The van der Waals surface area contributed by atoms with Gasteiger partial charge in [-0.2, -0.15) is 0 Å². The van der Waals surface area contributed by atoms with Crippen molar-refractivity contribution in [1.82, 2.24) is 25.4 Å². The Hall–Kier alpha value is -2.08. The molecule has 1 aromatic carbocycles. The summed E-state index contributed by atoms with van der Waals surface area (Å²) in [5.74, 6) is 1.61. The van der Waals surface area contributed by atoms with Crippen LogP contribution in [-0.2, 0) is 20.0 Å². The number of nitrogens with one attached hydrogen (secondary N) is 2. The quantitative estimate of drug-likeness (QED) is 0.587. The van der Waals surface area contributed by atoms with Crippen LogP contribution in [0.4, 0.5) is 0 Å². The van der Waals surface area contributed by atoms with Crippen molar-refractivity contribution in [3.8, 4) is 0 Å². The zero-order valence-corrected chi connectivity index (χ0v) is 16.1. The Morgan fingerprint density at radius 1 is 1.32 bits per heavy atom. The molecule has 0 amide bonds. The first-order chi connectivity index (χ1) is 11.9. The highest BCUT2D eigenvalue weighted by molar-refractivity contribution is 6.30. The Bertz CT molecular complexity index is 707. The highest BCUT2D eigenvalue weighted by atomic mass is 35.5. The summed E-state index contributed by atoms with van der Waals surface area (Å²) in [7, 11) is 1.92. The largest absolute Gasteiger partial charge is 0.357 e. The molecule has 2 rings (SSSR count). The fraction of sp³-hybridized carbons (Fsp3) is 0.500. The third kappa shape index (κ3) is 6.38. The highest BCUT2D eigenvalue weighted by Gasteiger charge is 2.19. The SMILES string of the molecule is CCNC(=NCc1nncn1C)NCC(C)(C)Cc1cccc(Cl)c1. The van der Waals surface area contributed by atoms with Crippen LogP contribution in [0.15, 0.2) is 35.6 Å². The molecule has 0 fully saturated rings. The number of guanidine groups is 1. The summed E-state index contributed by atoms with van der Waals surface area (Å²) in [6.07, 6.45) is 2.61. The fourth-order valence-corrected chi connectivity index (χ4v) is 2.74. The van der Waals surface area contributed by atoms with Gasteiger partial charge in [0.1, 0.15) is 12.9 Å². The summed E-state index contributed by atoms with van der Waals surface area (Å²) < 4.78 is 1.87. The Labute approximate surface area is 154 Å². The topological polar surface area (TPSA) is 67.1 Å². The second kappa shape index (κ2) is 8.85. The number of hydrogen-bond donors (Lipinski definition) is 2. The van der Waals surface area contributed by atoms with E-state index in [0.29, 0.717) is 6.54 Å². The summed E-state index contributed by atoms with van der Waals surface area (Å²) in [5, 5.41) is 15.4. The van der Waals surface area contributed by atoms with Gasteiger partial charge in [-0.1, -0.05) is 37.6 Å². The van der Waals surface area contributed by atoms with E-state index in [0.717, 1.165) is 36.3 Å². The normalized spacial score (nSPS) is 12.3. The molecule has 0 spiro atoms. The monoisotopic (exact) mass is 362 g/mol. The number of rotatable bonds is 7. The summed E-state index contributed by atoms with van der Waals surface area (Å²) in [5.41, 5.74) is 1.30. The molecular formula is C18H27ClN6. The van der Waals surface area contributed by atoms with E-state index in [1.54, 1.807) is 6.33 Å². The van der Waals surface area contributed by atoms with E-state index in [-0.39, 0.29) is 5.41 Å². The summed E-state index contributed by atoms with van der Waals surface area (Å²) in [6.45, 7) is 8.60. The van der Waals surface area contributed by atoms with E-state index in [2.05, 4.69) is 52.7 Å². The van der Waals surface area contributed by atoms with E-state index in [1.165, 1.54) is 5.56 Å². The lowest BCUT2D eigenvalue weighted by Crippen LogP contribution is -2.42. The van der Waals surface area contributed by atoms with Crippen LogP contribution in [0, 0.1) is 5.41 Å². The molecule has 25 heavy (non-hydrogen) atoms. The molecule has 2 aromatic rings. The first-order valence-electron chi connectivity index (χ1n) is 8.49. The number of aromatic nitrogens is 3. The maximum atomic E-state index is 6.09. The van der Waals surface area contributed by atoms with E-state index in [4.69, 9.17) is 11.6 Å². The van der Waals surface area contributed by atoms with Gasteiger partial charge in [0.2, 0.25) is 0 Å². The zero-order valence-electron chi connectivity index (χ0n) is 15.4.